The summed E-state index contributed by atoms with van der Waals surface area (Å²) < 4.78 is 10.8. The van der Waals surface area contributed by atoms with E-state index in [0.717, 1.165) is 11.1 Å². The van der Waals surface area contributed by atoms with Crippen molar-refractivity contribution in [3.8, 4) is 0 Å². The van der Waals surface area contributed by atoms with Crippen molar-refractivity contribution in [2.24, 2.45) is 11.5 Å². The van der Waals surface area contributed by atoms with Gasteiger partial charge in [-0.3, -0.25) is 9.69 Å². The number of nitrogens with zero attached hydrogens (tertiary/aromatic N) is 1. The molecule has 2 unspecified atom stereocenters. The summed E-state index contributed by atoms with van der Waals surface area (Å²) in [7, 11) is 0. The van der Waals surface area contributed by atoms with E-state index in [-0.39, 0.29) is 23.6 Å². The van der Waals surface area contributed by atoms with Crippen LogP contribution in [0.5, 0.6) is 0 Å². The molecule has 2 heterocycles. The Morgan fingerprint density at radius 1 is 1.06 bits per heavy atom. The van der Waals surface area contributed by atoms with Crippen molar-refractivity contribution >= 4 is 29.7 Å². The van der Waals surface area contributed by atoms with E-state index in [4.69, 9.17) is 20.9 Å². The summed E-state index contributed by atoms with van der Waals surface area (Å²) in [6.07, 6.45) is -1.65. The quantitative estimate of drug-likeness (QED) is 0.520. The second kappa shape index (κ2) is 8.83. The van der Waals surface area contributed by atoms with Crippen molar-refractivity contribution < 1.29 is 23.9 Å². The fourth-order valence-electron chi connectivity index (χ4n) is 3.58. The Labute approximate surface area is 183 Å². The van der Waals surface area contributed by atoms with Crippen LogP contribution in [0.3, 0.4) is 0 Å². The van der Waals surface area contributed by atoms with E-state index in [1.807, 2.05) is 60.7 Å². The maximum atomic E-state index is 13.4. The average Bonchev–Trinajstić information content (AvgIpc) is 2.80. The molecule has 0 saturated carbocycles. The van der Waals surface area contributed by atoms with Gasteiger partial charge in [-0.1, -0.05) is 60.7 Å². The van der Waals surface area contributed by atoms with Crippen LogP contribution in [0.25, 0.3) is 0 Å². The summed E-state index contributed by atoms with van der Waals surface area (Å²) in [6.45, 7) is -0.208. The van der Waals surface area contributed by atoms with Gasteiger partial charge in [0.15, 0.2) is 6.10 Å². The predicted molar refractivity (Wildman–Crippen MR) is 114 cm³/mol. The highest BCUT2D eigenvalue weighted by Crippen LogP contribution is 2.40. The molecule has 1 fully saturated rings. The Morgan fingerprint density at radius 3 is 2.19 bits per heavy atom. The zero-order valence-corrected chi connectivity index (χ0v) is 17.3. The van der Waals surface area contributed by atoms with Crippen molar-refractivity contribution in [2.75, 3.05) is 12.4 Å². The normalized spacial score (nSPS) is 20.2. The minimum Gasteiger partial charge on any atom is -0.448 e. The zero-order chi connectivity index (χ0) is 22.0. The molecular formula is C22H21N3O5S. The van der Waals surface area contributed by atoms with Crippen molar-refractivity contribution in [2.45, 2.75) is 17.5 Å². The third-order valence-electron chi connectivity index (χ3n) is 5.10. The molecule has 9 heteroatoms. The number of amides is 2. The third kappa shape index (κ3) is 4.14. The number of esters is 1. The molecule has 160 valence electrons. The lowest BCUT2D eigenvalue weighted by Gasteiger charge is -2.48. The molecule has 4 rings (SSSR count). The van der Waals surface area contributed by atoms with Gasteiger partial charge in [-0.05, 0) is 11.1 Å². The highest BCUT2D eigenvalue weighted by Gasteiger charge is 2.52. The Bertz CT molecular complexity index is 988. The number of benzene rings is 2. The predicted octanol–water partition coefficient (Wildman–Crippen LogP) is 1.91. The van der Waals surface area contributed by atoms with Crippen LogP contribution >= 0.6 is 11.8 Å². The number of carbonyl (C=O) groups excluding carboxylic acids is 3. The number of nitrogens with two attached hydrogens (primary N) is 2. The van der Waals surface area contributed by atoms with Crippen LogP contribution in [0.1, 0.15) is 17.2 Å². The van der Waals surface area contributed by atoms with Crippen LogP contribution < -0.4 is 11.5 Å². The number of hydrogen-bond donors (Lipinski definition) is 2. The van der Waals surface area contributed by atoms with E-state index in [2.05, 4.69) is 0 Å². The van der Waals surface area contributed by atoms with Gasteiger partial charge >= 0.3 is 12.1 Å². The van der Waals surface area contributed by atoms with Crippen LogP contribution in [-0.2, 0) is 19.1 Å². The smallest absolute Gasteiger partial charge is 0.404 e. The summed E-state index contributed by atoms with van der Waals surface area (Å²) >= 11 is 1.40. The number of carbonyl (C=O) groups is 3. The van der Waals surface area contributed by atoms with Gasteiger partial charge in [-0.25, -0.2) is 9.59 Å². The van der Waals surface area contributed by atoms with Crippen LogP contribution in [-0.4, -0.2) is 46.6 Å². The van der Waals surface area contributed by atoms with Gasteiger partial charge in [0.25, 0.3) is 0 Å². The Kier molecular flexibility index (Phi) is 5.97. The number of rotatable bonds is 6. The van der Waals surface area contributed by atoms with E-state index in [1.165, 1.54) is 16.7 Å². The molecule has 1 saturated heterocycles. The maximum Gasteiger partial charge on any atom is 0.404 e. The van der Waals surface area contributed by atoms with E-state index in [1.54, 1.807) is 0 Å². The number of β-lactam (4-membered cyclic amide) rings is 1. The molecular weight excluding hydrogens is 418 g/mol. The first kappa shape index (κ1) is 21.0. The third-order valence-corrected chi connectivity index (χ3v) is 6.46. The molecule has 8 nitrogen and oxygen atoms in total. The minimum atomic E-state index is -0.967. The van der Waals surface area contributed by atoms with E-state index < -0.39 is 24.2 Å². The van der Waals surface area contributed by atoms with E-state index >= 15 is 0 Å². The van der Waals surface area contributed by atoms with Crippen molar-refractivity contribution in [1.82, 2.24) is 4.90 Å². The molecule has 0 bridgehead atoms. The highest BCUT2D eigenvalue weighted by molar-refractivity contribution is 8.00. The second-order valence-electron chi connectivity index (χ2n) is 7.10. The summed E-state index contributed by atoms with van der Waals surface area (Å²) in [5.41, 5.74) is 13.1. The fraction of sp³-hybridized carbons (Fsp3) is 0.227. The topological polar surface area (TPSA) is 125 Å². The lowest BCUT2D eigenvalue weighted by molar-refractivity contribution is -0.153. The molecule has 4 N–H and O–H groups in total. The molecule has 2 aromatic rings. The average molecular weight is 439 g/mol. The molecule has 2 aliphatic heterocycles. The van der Waals surface area contributed by atoms with Gasteiger partial charge in [0.05, 0.1) is 0 Å². The fourth-order valence-corrected chi connectivity index (χ4v) is 4.86. The molecule has 2 aromatic carbocycles. The van der Waals surface area contributed by atoms with Crippen molar-refractivity contribution in [1.29, 1.82) is 0 Å². The lowest BCUT2D eigenvalue weighted by atomic mass is 10.0. The minimum absolute atomic E-state index is 0.0635. The van der Waals surface area contributed by atoms with Gasteiger partial charge in [-0.2, -0.15) is 0 Å². The molecule has 2 amide bonds. The summed E-state index contributed by atoms with van der Waals surface area (Å²) in [6, 6.07) is 17.9. The first-order valence-electron chi connectivity index (χ1n) is 9.62. The SMILES string of the molecule is NC(=O)OCC1=C(C(=O)OC(c2ccccc2)c2ccccc2)N2C(=O)C(N)C2SC1. The Morgan fingerprint density at radius 2 is 1.65 bits per heavy atom. The highest BCUT2D eigenvalue weighted by atomic mass is 32.2. The number of primary amides is 1. The van der Waals surface area contributed by atoms with E-state index in [0.29, 0.717) is 11.3 Å². The van der Waals surface area contributed by atoms with Crippen LogP contribution in [0.4, 0.5) is 4.79 Å². The van der Waals surface area contributed by atoms with Crippen molar-refractivity contribution in [3.63, 3.8) is 0 Å². The maximum absolute atomic E-state index is 13.4. The number of ether oxygens (including phenoxy) is 2. The first-order valence-corrected chi connectivity index (χ1v) is 10.7. The zero-order valence-electron chi connectivity index (χ0n) is 16.5. The van der Waals surface area contributed by atoms with E-state index in [9.17, 15) is 14.4 Å². The van der Waals surface area contributed by atoms with Gasteiger partial charge in [-0.15, -0.1) is 11.8 Å². The van der Waals surface area contributed by atoms with Crippen LogP contribution in [0.15, 0.2) is 71.9 Å². The Balaban J connectivity index is 1.68. The second-order valence-corrected chi connectivity index (χ2v) is 8.21. The van der Waals surface area contributed by atoms with Crippen molar-refractivity contribution in [3.05, 3.63) is 83.1 Å². The number of hydrogen-bond acceptors (Lipinski definition) is 7. The molecule has 0 aromatic heterocycles. The lowest BCUT2D eigenvalue weighted by Crippen LogP contribution is -2.68. The number of fused-ring (bicyclic) bond motifs is 1. The molecule has 31 heavy (non-hydrogen) atoms. The van der Waals surface area contributed by atoms with Gasteiger partial charge in [0, 0.05) is 11.3 Å². The summed E-state index contributed by atoms with van der Waals surface area (Å²) in [4.78, 5) is 38.2. The monoisotopic (exact) mass is 439 g/mol. The number of thioether (sulfide) groups is 1. The van der Waals surface area contributed by atoms with Gasteiger partial charge in [0.1, 0.15) is 23.7 Å². The standard InChI is InChI=1S/C22H21N3O5S/c23-16-19(26)25-17(15(11-29-22(24)28)12-31-20(16)25)21(27)30-18(13-7-3-1-4-8-13)14-9-5-2-6-10-14/h1-10,16,18,20H,11-12,23H2,(H2,24,28). The van der Waals surface area contributed by atoms with Crippen LogP contribution in [0, 0.1) is 0 Å². The molecule has 2 atom stereocenters. The van der Waals surface area contributed by atoms with Gasteiger partial charge < -0.3 is 20.9 Å². The molecule has 0 radical (unpaired) electrons. The molecule has 2 aliphatic rings. The summed E-state index contributed by atoms with van der Waals surface area (Å²) in [5.74, 6) is -0.704. The first-order chi connectivity index (χ1) is 15.0. The molecule has 0 aliphatic carbocycles. The van der Waals surface area contributed by atoms with Gasteiger partial charge in [0.2, 0.25) is 5.91 Å². The Hall–Kier alpha value is -3.30. The molecule has 0 spiro atoms. The van der Waals surface area contributed by atoms with Crippen LogP contribution in [0.2, 0.25) is 0 Å². The summed E-state index contributed by atoms with van der Waals surface area (Å²) in [5, 5.41) is -0.362. The largest absolute Gasteiger partial charge is 0.448 e.